The largest absolute Gasteiger partial charge is 0.496 e. The third kappa shape index (κ3) is 2.20. The molecule has 0 saturated carbocycles. The van der Waals surface area contributed by atoms with Crippen molar-refractivity contribution in [2.75, 3.05) is 7.11 Å². The van der Waals surface area contributed by atoms with E-state index < -0.39 is 5.97 Å². The van der Waals surface area contributed by atoms with Crippen LogP contribution < -0.4 is 4.74 Å². The number of carboxylic acid groups (broad SMARTS) is 1. The van der Waals surface area contributed by atoms with Crippen LogP contribution in [0.4, 0.5) is 0 Å². The predicted octanol–water partition coefficient (Wildman–Crippen LogP) is 3.37. The van der Waals surface area contributed by atoms with Gasteiger partial charge in [-0.3, -0.25) is 0 Å². The van der Waals surface area contributed by atoms with Gasteiger partial charge in [0.1, 0.15) is 5.75 Å². The molecule has 0 radical (unpaired) electrons. The quantitative estimate of drug-likeness (QED) is 0.897. The zero-order valence-corrected chi connectivity index (χ0v) is 10.3. The van der Waals surface area contributed by atoms with Gasteiger partial charge in [-0.15, -0.1) is 0 Å². The lowest BCUT2D eigenvalue weighted by Crippen LogP contribution is -2.01. The number of hydrogen-bond acceptors (Lipinski definition) is 2. The Morgan fingerprint density at radius 1 is 1.11 bits per heavy atom. The Hall–Kier alpha value is -2.29. The SMILES string of the molecule is COc1ccccc1-c1ccc(C)cc1C(=O)O. The first kappa shape index (κ1) is 12.2. The molecule has 1 N–H and O–H groups in total. The average molecular weight is 242 g/mol. The van der Waals surface area contributed by atoms with Crippen molar-refractivity contribution in [2.24, 2.45) is 0 Å². The zero-order chi connectivity index (χ0) is 13.1. The second-order valence-corrected chi connectivity index (χ2v) is 4.05. The molecule has 0 aliphatic carbocycles. The summed E-state index contributed by atoms with van der Waals surface area (Å²) in [5.74, 6) is -0.261. The summed E-state index contributed by atoms with van der Waals surface area (Å²) in [5, 5.41) is 9.27. The third-order valence-electron chi connectivity index (χ3n) is 2.80. The molecular weight excluding hydrogens is 228 g/mol. The van der Waals surface area contributed by atoms with Gasteiger partial charge < -0.3 is 9.84 Å². The van der Waals surface area contributed by atoms with Gasteiger partial charge in [-0.1, -0.05) is 35.9 Å². The second-order valence-electron chi connectivity index (χ2n) is 4.05. The molecule has 3 heteroatoms. The van der Waals surface area contributed by atoms with Crippen molar-refractivity contribution in [3.8, 4) is 16.9 Å². The lowest BCUT2D eigenvalue weighted by Gasteiger charge is -2.11. The molecule has 0 fully saturated rings. The number of hydrogen-bond donors (Lipinski definition) is 1. The molecule has 2 rings (SSSR count). The maximum Gasteiger partial charge on any atom is 0.336 e. The molecule has 0 spiro atoms. The molecule has 92 valence electrons. The summed E-state index contributed by atoms with van der Waals surface area (Å²) in [7, 11) is 1.58. The van der Waals surface area contributed by atoms with Gasteiger partial charge in [0.25, 0.3) is 0 Å². The Balaban J connectivity index is 2.67. The Labute approximate surface area is 106 Å². The number of methoxy groups -OCH3 is 1. The van der Waals surface area contributed by atoms with Crippen LogP contribution in [0.5, 0.6) is 5.75 Å². The second kappa shape index (κ2) is 4.92. The summed E-state index contributed by atoms with van der Waals surface area (Å²) in [6.07, 6.45) is 0. The summed E-state index contributed by atoms with van der Waals surface area (Å²) in [6.45, 7) is 1.87. The van der Waals surface area contributed by atoms with E-state index in [1.54, 1.807) is 13.2 Å². The van der Waals surface area contributed by atoms with Gasteiger partial charge in [-0.05, 0) is 24.6 Å². The van der Waals surface area contributed by atoms with Gasteiger partial charge in [-0.2, -0.15) is 0 Å². The number of para-hydroxylation sites is 1. The van der Waals surface area contributed by atoms with Crippen molar-refractivity contribution in [2.45, 2.75) is 6.92 Å². The van der Waals surface area contributed by atoms with Crippen LogP contribution in [-0.4, -0.2) is 18.2 Å². The molecule has 3 nitrogen and oxygen atoms in total. The molecule has 2 aromatic carbocycles. The van der Waals surface area contributed by atoms with Crippen molar-refractivity contribution >= 4 is 5.97 Å². The first-order chi connectivity index (χ1) is 8.63. The molecule has 0 saturated heterocycles. The Morgan fingerprint density at radius 2 is 1.83 bits per heavy atom. The number of carbonyl (C=O) groups is 1. The smallest absolute Gasteiger partial charge is 0.336 e. The van der Waals surface area contributed by atoms with Gasteiger partial charge in [0, 0.05) is 5.56 Å². The molecule has 0 atom stereocenters. The maximum atomic E-state index is 11.3. The first-order valence-corrected chi connectivity index (χ1v) is 5.61. The van der Waals surface area contributed by atoms with E-state index >= 15 is 0 Å². The fourth-order valence-electron chi connectivity index (χ4n) is 1.94. The predicted molar refractivity (Wildman–Crippen MR) is 70.1 cm³/mol. The minimum Gasteiger partial charge on any atom is -0.496 e. The molecule has 0 amide bonds. The number of rotatable bonds is 3. The van der Waals surface area contributed by atoms with Gasteiger partial charge in [0.2, 0.25) is 0 Å². The van der Waals surface area contributed by atoms with Crippen molar-refractivity contribution in [3.05, 3.63) is 53.6 Å². The Bertz CT molecular complexity index is 588. The lowest BCUT2D eigenvalue weighted by atomic mass is 9.97. The topological polar surface area (TPSA) is 46.5 Å². The summed E-state index contributed by atoms with van der Waals surface area (Å²) in [6, 6.07) is 12.8. The van der Waals surface area contributed by atoms with Gasteiger partial charge in [0.05, 0.1) is 12.7 Å². The van der Waals surface area contributed by atoms with E-state index in [4.69, 9.17) is 4.74 Å². The fourth-order valence-corrected chi connectivity index (χ4v) is 1.94. The van der Waals surface area contributed by atoms with Crippen LogP contribution in [0.1, 0.15) is 15.9 Å². The molecule has 0 unspecified atom stereocenters. The number of aryl methyl sites for hydroxylation is 1. The molecule has 0 aliphatic heterocycles. The Kier molecular flexibility index (Phi) is 3.33. The van der Waals surface area contributed by atoms with Crippen molar-refractivity contribution in [3.63, 3.8) is 0 Å². The van der Waals surface area contributed by atoms with E-state index in [0.717, 1.165) is 11.1 Å². The van der Waals surface area contributed by atoms with Crippen molar-refractivity contribution in [1.29, 1.82) is 0 Å². The first-order valence-electron chi connectivity index (χ1n) is 5.61. The number of ether oxygens (including phenoxy) is 1. The van der Waals surface area contributed by atoms with Gasteiger partial charge in [0.15, 0.2) is 0 Å². The van der Waals surface area contributed by atoms with Crippen LogP contribution in [0.25, 0.3) is 11.1 Å². The molecule has 18 heavy (non-hydrogen) atoms. The van der Waals surface area contributed by atoms with Crippen LogP contribution in [0, 0.1) is 6.92 Å². The number of carboxylic acids is 1. The van der Waals surface area contributed by atoms with E-state index in [2.05, 4.69) is 0 Å². The van der Waals surface area contributed by atoms with E-state index in [-0.39, 0.29) is 0 Å². The van der Waals surface area contributed by atoms with E-state index in [9.17, 15) is 9.90 Å². The maximum absolute atomic E-state index is 11.3. The van der Waals surface area contributed by atoms with Crippen LogP contribution in [0.2, 0.25) is 0 Å². The molecule has 0 heterocycles. The van der Waals surface area contributed by atoms with Crippen molar-refractivity contribution < 1.29 is 14.6 Å². The number of aromatic carboxylic acids is 1. The molecule has 0 bridgehead atoms. The van der Waals surface area contributed by atoms with E-state index in [0.29, 0.717) is 16.9 Å². The van der Waals surface area contributed by atoms with E-state index in [1.165, 1.54) is 0 Å². The Morgan fingerprint density at radius 3 is 2.50 bits per heavy atom. The molecule has 2 aromatic rings. The highest BCUT2D eigenvalue weighted by atomic mass is 16.5. The zero-order valence-electron chi connectivity index (χ0n) is 10.3. The standard InChI is InChI=1S/C15H14O3/c1-10-7-8-11(13(9-10)15(16)17)12-5-3-4-6-14(12)18-2/h3-9H,1-2H3,(H,16,17). The van der Waals surface area contributed by atoms with Crippen LogP contribution in [0.3, 0.4) is 0 Å². The van der Waals surface area contributed by atoms with Crippen LogP contribution in [0.15, 0.2) is 42.5 Å². The minimum atomic E-state index is -0.931. The summed E-state index contributed by atoms with van der Waals surface area (Å²) in [5.41, 5.74) is 2.67. The lowest BCUT2D eigenvalue weighted by molar-refractivity contribution is 0.0697. The molecular formula is C15H14O3. The highest BCUT2D eigenvalue weighted by Crippen LogP contribution is 2.32. The van der Waals surface area contributed by atoms with E-state index in [1.807, 2.05) is 43.3 Å². The normalized spacial score (nSPS) is 10.1. The van der Waals surface area contributed by atoms with Crippen molar-refractivity contribution in [1.82, 2.24) is 0 Å². The summed E-state index contributed by atoms with van der Waals surface area (Å²) in [4.78, 5) is 11.3. The fraction of sp³-hybridized carbons (Fsp3) is 0.133. The highest BCUT2D eigenvalue weighted by Gasteiger charge is 2.14. The summed E-state index contributed by atoms with van der Waals surface area (Å²) < 4.78 is 5.27. The average Bonchev–Trinajstić information content (AvgIpc) is 2.38. The van der Waals surface area contributed by atoms with Crippen LogP contribution >= 0.6 is 0 Å². The summed E-state index contributed by atoms with van der Waals surface area (Å²) >= 11 is 0. The minimum absolute atomic E-state index is 0.291. The highest BCUT2D eigenvalue weighted by molar-refractivity contribution is 5.97. The van der Waals surface area contributed by atoms with Crippen LogP contribution in [-0.2, 0) is 0 Å². The third-order valence-corrected chi connectivity index (χ3v) is 2.80. The monoisotopic (exact) mass is 242 g/mol. The molecule has 0 aliphatic rings. The van der Waals surface area contributed by atoms with Gasteiger partial charge >= 0.3 is 5.97 Å². The van der Waals surface area contributed by atoms with Gasteiger partial charge in [-0.25, -0.2) is 4.79 Å². The number of benzene rings is 2. The molecule has 0 aromatic heterocycles.